The van der Waals surface area contributed by atoms with E-state index in [1.165, 1.54) is 0 Å². The minimum Gasteiger partial charge on any atom is -0.393 e. The van der Waals surface area contributed by atoms with Gasteiger partial charge in [0.2, 0.25) is 5.91 Å². The second kappa shape index (κ2) is 5.22. The summed E-state index contributed by atoms with van der Waals surface area (Å²) in [6.07, 6.45) is -0.359. The lowest BCUT2D eigenvalue weighted by molar-refractivity contribution is -0.126. The van der Waals surface area contributed by atoms with Gasteiger partial charge in [0.05, 0.1) is 6.10 Å². The summed E-state index contributed by atoms with van der Waals surface area (Å²) in [5, 5.41) is 12.0. The SMILES string of the molecule is CNC(=O)[C@H](C)[C@@H](C)[C@H](C)[C@@H](C)O. The van der Waals surface area contributed by atoms with E-state index in [1.54, 1.807) is 14.0 Å². The Morgan fingerprint density at radius 1 is 1.15 bits per heavy atom. The van der Waals surface area contributed by atoms with Gasteiger partial charge < -0.3 is 10.4 Å². The van der Waals surface area contributed by atoms with Crippen LogP contribution < -0.4 is 5.32 Å². The molecule has 0 saturated heterocycles. The molecule has 0 radical (unpaired) electrons. The average Bonchev–Trinajstić information content (AvgIpc) is 2.12. The van der Waals surface area contributed by atoms with Crippen LogP contribution in [0.15, 0.2) is 0 Å². The van der Waals surface area contributed by atoms with Gasteiger partial charge in [-0.2, -0.15) is 0 Å². The zero-order chi connectivity index (χ0) is 10.6. The molecule has 0 bridgehead atoms. The van der Waals surface area contributed by atoms with Crippen molar-refractivity contribution in [3.05, 3.63) is 0 Å². The van der Waals surface area contributed by atoms with Crippen LogP contribution in [-0.4, -0.2) is 24.2 Å². The van der Waals surface area contributed by atoms with Crippen LogP contribution in [0.2, 0.25) is 0 Å². The number of carbonyl (C=O) groups excluding carboxylic acids is 1. The van der Waals surface area contributed by atoms with Crippen molar-refractivity contribution in [1.29, 1.82) is 0 Å². The highest BCUT2D eigenvalue weighted by molar-refractivity contribution is 5.78. The fraction of sp³-hybridized carbons (Fsp3) is 0.900. The fourth-order valence-corrected chi connectivity index (χ4v) is 1.36. The second-order valence-corrected chi connectivity index (χ2v) is 3.86. The van der Waals surface area contributed by atoms with Crippen LogP contribution in [0.25, 0.3) is 0 Å². The number of rotatable bonds is 4. The number of aliphatic hydroxyl groups excluding tert-OH is 1. The Labute approximate surface area is 80.5 Å². The van der Waals surface area contributed by atoms with Crippen LogP contribution in [0.5, 0.6) is 0 Å². The van der Waals surface area contributed by atoms with Crippen molar-refractivity contribution >= 4 is 5.91 Å². The Morgan fingerprint density at radius 2 is 1.62 bits per heavy atom. The van der Waals surface area contributed by atoms with Gasteiger partial charge in [0, 0.05) is 13.0 Å². The number of aliphatic hydroxyl groups is 1. The Balaban J connectivity index is 4.24. The van der Waals surface area contributed by atoms with Gasteiger partial charge in [-0.15, -0.1) is 0 Å². The van der Waals surface area contributed by atoms with Crippen molar-refractivity contribution < 1.29 is 9.90 Å². The highest BCUT2D eigenvalue weighted by Gasteiger charge is 2.26. The predicted molar refractivity (Wildman–Crippen MR) is 53.2 cm³/mol. The molecule has 78 valence electrons. The Kier molecular flexibility index (Phi) is 4.99. The van der Waals surface area contributed by atoms with Crippen molar-refractivity contribution in [2.24, 2.45) is 17.8 Å². The molecule has 0 fully saturated rings. The molecule has 0 aromatic carbocycles. The summed E-state index contributed by atoms with van der Waals surface area (Å²) in [5.41, 5.74) is 0. The fourth-order valence-electron chi connectivity index (χ4n) is 1.36. The molecule has 4 atom stereocenters. The zero-order valence-electron chi connectivity index (χ0n) is 9.16. The summed E-state index contributed by atoms with van der Waals surface area (Å²) in [6, 6.07) is 0. The Bertz CT molecular complexity index is 168. The lowest BCUT2D eigenvalue weighted by Crippen LogP contribution is -2.35. The van der Waals surface area contributed by atoms with Gasteiger partial charge in [0.25, 0.3) is 0 Å². The zero-order valence-corrected chi connectivity index (χ0v) is 9.16. The maximum atomic E-state index is 11.3. The van der Waals surface area contributed by atoms with Gasteiger partial charge in [0.15, 0.2) is 0 Å². The van der Waals surface area contributed by atoms with Gasteiger partial charge in [-0.25, -0.2) is 0 Å². The summed E-state index contributed by atoms with van der Waals surface area (Å²) >= 11 is 0. The third-order valence-electron chi connectivity index (χ3n) is 3.04. The largest absolute Gasteiger partial charge is 0.393 e. The van der Waals surface area contributed by atoms with Crippen LogP contribution in [0.3, 0.4) is 0 Å². The number of amides is 1. The molecule has 0 heterocycles. The highest BCUT2D eigenvalue weighted by Crippen LogP contribution is 2.23. The van der Waals surface area contributed by atoms with E-state index in [2.05, 4.69) is 5.32 Å². The topological polar surface area (TPSA) is 49.3 Å². The maximum absolute atomic E-state index is 11.3. The van der Waals surface area contributed by atoms with Gasteiger partial charge in [-0.1, -0.05) is 20.8 Å². The standard InChI is InChI=1S/C10H21NO2/c1-6(7(2)9(4)12)8(3)10(13)11-5/h6-9,12H,1-5H3,(H,11,13)/t6-,7-,8+,9+/m0/s1. The molecule has 3 heteroatoms. The van der Waals surface area contributed by atoms with E-state index in [4.69, 9.17) is 0 Å². The molecule has 0 spiro atoms. The minimum absolute atomic E-state index is 0.0417. The van der Waals surface area contributed by atoms with Crippen molar-refractivity contribution in [2.45, 2.75) is 33.8 Å². The molecule has 3 nitrogen and oxygen atoms in total. The lowest BCUT2D eigenvalue weighted by atomic mass is 9.82. The first-order valence-corrected chi connectivity index (χ1v) is 4.81. The van der Waals surface area contributed by atoms with Crippen LogP contribution in [-0.2, 0) is 4.79 Å². The van der Waals surface area contributed by atoms with E-state index in [9.17, 15) is 9.90 Å². The molecule has 0 unspecified atom stereocenters. The number of nitrogens with one attached hydrogen (secondary N) is 1. The second-order valence-electron chi connectivity index (χ2n) is 3.86. The van der Waals surface area contributed by atoms with Crippen LogP contribution in [0, 0.1) is 17.8 Å². The predicted octanol–water partition coefficient (Wildman–Crippen LogP) is 1.02. The quantitative estimate of drug-likeness (QED) is 0.690. The Morgan fingerprint density at radius 3 is 1.92 bits per heavy atom. The van der Waals surface area contributed by atoms with Crippen molar-refractivity contribution in [3.63, 3.8) is 0 Å². The van der Waals surface area contributed by atoms with E-state index >= 15 is 0 Å². The maximum Gasteiger partial charge on any atom is 0.222 e. The first-order valence-electron chi connectivity index (χ1n) is 4.81. The monoisotopic (exact) mass is 187 g/mol. The first kappa shape index (κ1) is 12.4. The molecular formula is C10H21NO2. The minimum atomic E-state index is -0.359. The van der Waals surface area contributed by atoms with E-state index in [0.29, 0.717) is 0 Å². The van der Waals surface area contributed by atoms with Gasteiger partial charge in [-0.3, -0.25) is 4.79 Å². The van der Waals surface area contributed by atoms with Gasteiger partial charge in [-0.05, 0) is 18.8 Å². The van der Waals surface area contributed by atoms with E-state index < -0.39 is 0 Å². The van der Waals surface area contributed by atoms with Crippen LogP contribution in [0.1, 0.15) is 27.7 Å². The molecule has 0 rings (SSSR count). The van der Waals surface area contributed by atoms with E-state index in [-0.39, 0.29) is 29.8 Å². The summed E-state index contributed by atoms with van der Waals surface area (Å²) < 4.78 is 0. The van der Waals surface area contributed by atoms with Crippen molar-refractivity contribution in [2.75, 3.05) is 7.05 Å². The normalized spacial score (nSPS) is 20.2. The third-order valence-corrected chi connectivity index (χ3v) is 3.04. The first-order chi connectivity index (χ1) is 5.91. The Hall–Kier alpha value is -0.570. The molecule has 0 aliphatic rings. The van der Waals surface area contributed by atoms with Crippen molar-refractivity contribution in [3.8, 4) is 0 Å². The average molecular weight is 187 g/mol. The summed E-state index contributed by atoms with van der Waals surface area (Å²) in [5.74, 6) is 0.335. The molecule has 13 heavy (non-hydrogen) atoms. The lowest BCUT2D eigenvalue weighted by Gasteiger charge is -2.26. The van der Waals surface area contributed by atoms with Crippen LogP contribution >= 0.6 is 0 Å². The summed E-state index contributed by atoms with van der Waals surface area (Å²) in [7, 11) is 1.64. The molecule has 2 N–H and O–H groups in total. The molecule has 1 amide bonds. The molecule has 0 aliphatic heterocycles. The molecular weight excluding hydrogens is 166 g/mol. The summed E-state index contributed by atoms with van der Waals surface area (Å²) in [6.45, 7) is 7.62. The molecule has 0 aromatic rings. The van der Waals surface area contributed by atoms with Gasteiger partial charge >= 0.3 is 0 Å². The number of carbonyl (C=O) groups is 1. The number of hydrogen-bond acceptors (Lipinski definition) is 2. The van der Waals surface area contributed by atoms with Crippen LogP contribution in [0.4, 0.5) is 0 Å². The van der Waals surface area contributed by atoms with E-state index in [1.807, 2.05) is 20.8 Å². The smallest absolute Gasteiger partial charge is 0.222 e. The molecule has 0 aromatic heterocycles. The molecule has 0 aliphatic carbocycles. The van der Waals surface area contributed by atoms with Crippen molar-refractivity contribution in [1.82, 2.24) is 5.32 Å². The third kappa shape index (κ3) is 3.35. The van der Waals surface area contributed by atoms with Gasteiger partial charge in [0.1, 0.15) is 0 Å². The van der Waals surface area contributed by atoms with E-state index in [0.717, 1.165) is 0 Å². The molecule has 0 saturated carbocycles. The number of hydrogen-bond donors (Lipinski definition) is 2. The summed E-state index contributed by atoms with van der Waals surface area (Å²) in [4.78, 5) is 11.3. The highest BCUT2D eigenvalue weighted by atomic mass is 16.3.